The van der Waals surface area contributed by atoms with Crippen molar-refractivity contribution in [3.8, 4) is 0 Å². The second-order valence-corrected chi connectivity index (χ2v) is 8.27. The lowest BCUT2D eigenvalue weighted by molar-refractivity contribution is -0.142. The number of nitrogens with two attached hydrogens (primary N) is 1. The summed E-state index contributed by atoms with van der Waals surface area (Å²) in [6.07, 6.45) is 3.75. The van der Waals surface area contributed by atoms with Gasteiger partial charge in [-0.05, 0) is 24.3 Å². The van der Waals surface area contributed by atoms with Gasteiger partial charge in [0.15, 0.2) is 5.28 Å². The highest BCUT2D eigenvalue weighted by molar-refractivity contribution is 7.60. The van der Waals surface area contributed by atoms with E-state index in [4.69, 9.17) is 5.73 Å². The highest BCUT2D eigenvalue weighted by Crippen LogP contribution is 2.59. The van der Waals surface area contributed by atoms with Crippen LogP contribution in [0.5, 0.6) is 0 Å². The van der Waals surface area contributed by atoms with Crippen molar-refractivity contribution in [2.45, 2.75) is 43.5 Å². The first-order valence-corrected chi connectivity index (χ1v) is 9.10. The molecule has 1 aliphatic rings. The molecule has 0 bridgehead atoms. The first-order valence-electron chi connectivity index (χ1n) is 7.26. The molecule has 0 aromatic heterocycles. The van der Waals surface area contributed by atoms with Crippen LogP contribution in [-0.2, 0) is 15.5 Å². The lowest BCUT2D eigenvalue weighted by Crippen LogP contribution is -2.54. The van der Waals surface area contributed by atoms with Crippen molar-refractivity contribution in [3.05, 3.63) is 35.9 Å². The molecule has 6 heteroatoms. The lowest BCUT2D eigenvalue weighted by Gasteiger charge is -2.38. The van der Waals surface area contributed by atoms with E-state index < -0.39 is 24.5 Å². The van der Waals surface area contributed by atoms with Gasteiger partial charge in [-0.2, -0.15) is 0 Å². The molecule has 2 rings (SSSR count). The van der Waals surface area contributed by atoms with E-state index in [9.17, 15) is 19.4 Å². The molecular formula is C15H22NO4P. The van der Waals surface area contributed by atoms with E-state index >= 15 is 0 Å². The van der Waals surface area contributed by atoms with Crippen LogP contribution in [0.1, 0.15) is 37.7 Å². The van der Waals surface area contributed by atoms with Crippen LogP contribution < -0.4 is 5.73 Å². The van der Waals surface area contributed by atoms with Gasteiger partial charge in [-0.1, -0.05) is 49.6 Å². The van der Waals surface area contributed by atoms with E-state index in [1.807, 2.05) is 0 Å². The summed E-state index contributed by atoms with van der Waals surface area (Å²) in [6.45, 7) is 0. The Morgan fingerprint density at radius 2 is 1.81 bits per heavy atom. The van der Waals surface area contributed by atoms with E-state index in [1.54, 1.807) is 30.3 Å². The second-order valence-electron chi connectivity index (χ2n) is 5.81. The van der Waals surface area contributed by atoms with Gasteiger partial charge in [0.1, 0.15) is 0 Å². The standard InChI is InChI=1S/C15H22NO4P/c16-15(14(17)18,13-9-5-2-6-10-13)21(19,20)11-12-7-3-1-4-8-12/h1,3-4,7-8,13H,2,5-6,9-11,16H2,(H,17,18)(H,19,20). The number of benzene rings is 1. The molecule has 0 saturated heterocycles. The number of carbonyl (C=O) groups is 1. The van der Waals surface area contributed by atoms with Gasteiger partial charge in [0.25, 0.3) is 0 Å². The van der Waals surface area contributed by atoms with E-state index in [1.165, 1.54) is 0 Å². The SMILES string of the molecule is NC(C(=O)O)(C1CCCCC1)P(=O)(O)Cc1ccccc1. The Morgan fingerprint density at radius 1 is 1.24 bits per heavy atom. The van der Waals surface area contributed by atoms with E-state index in [-0.39, 0.29) is 6.16 Å². The second kappa shape index (κ2) is 6.30. The van der Waals surface area contributed by atoms with E-state index in [0.29, 0.717) is 18.4 Å². The first-order chi connectivity index (χ1) is 9.88. The number of aliphatic carboxylic acids is 1. The maximum absolute atomic E-state index is 12.8. The molecule has 2 atom stereocenters. The molecule has 4 N–H and O–H groups in total. The van der Waals surface area contributed by atoms with Crippen LogP contribution in [0.15, 0.2) is 30.3 Å². The molecule has 0 aliphatic heterocycles. The molecule has 1 fully saturated rings. The van der Waals surface area contributed by atoms with Gasteiger partial charge < -0.3 is 15.7 Å². The minimum Gasteiger partial charge on any atom is -0.479 e. The minimum atomic E-state index is -4.08. The Kier molecular flexibility index (Phi) is 4.87. The molecule has 116 valence electrons. The summed E-state index contributed by atoms with van der Waals surface area (Å²) in [4.78, 5) is 22.2. The third-order valence-corrected chi connectivity index (χ3v) is 6.89. The molecule has 0 radical (unpaired) electrons. The monoisotopic (exact) mass is 311 g/mol. The van der Waals surface area contributed by atoms with Crippen molar-refractivity contribution in [3.63, 3.8) is 0 Å². The molecule has 0 amide bonds. The normalized spacial score (nSPS) is 22.2. The molecule has 21 heavy (non-hydrogen) atoms. The summed E-state index contributed by atoms with van der Waals surface area (Å²) in [5.74, 6) is -1.81. The Hall–Kier alpha value is -1.16. The van der Waals surface area contributed by atoms with Gasteiger partial charge in [-0.3, -0.25) is 4.57 Å². The van der Waals surface area contributed by atoms with Crippen LogP contribution in [0, 0.1) is 5.92 Å². The van der Waals surface area contributed by atoms with Gasteiger partial charge in [0.05, 0.1) is 6.16 Å². The van der Waals surface area contributed by atoms with Gasteiger partial charge in [0, 0.05) is 0 Å². The van der Waals surface area contributed by atoms with Crippen LogP contribution in [0.4, 0.5) is 0 Å². The van der Waals surface area contributed by atoms with Crippen molar-refractivity contribution in [1.29, 1.82) is 0 Å². The van der Waals surface area contributed by atoms with Crippen molar-refractivity contribution in [1.82, 2.24) is 0 Å². The molecule has 2 unspecified atom stereocenters. The smallest absolute Gasteiger partial charge is 0.334 e. The predicted molar refractivity (Wildman–Crippen MR) is 81.1 cm³/mol. The first kappa shape index (κ1) is 16.2. The third-order valence-electron chi connectivity index (χ3n) is 4.39. The number of carboxylic acids is 1. The molecule has 1 aromatic rings. The van der Waals surface area contributed by atoms with Crippen LogP contribution >= 0.6 is 7.37 Å². The summed E-state index contributed by atoms with van der Waals surface area (Å²) in [7, 11) is -4.08. The van der Waals surface area contributed by atoms with Crippen LogP contribution in [0.3, 0.4) is 0 Å². The summed E-state index contributed by atoms with van der Waals surface area (Å²) >= 11 is 0. The maximum atomic E-state index is 12.8. The molecule has 1 saturated carbocycles. The molecule has 1 aliphatic carbocycles. The lowest BCUT2D eigenvalue weighted by atomic mass is 9.84. The zero-order chi connectivity index (χ0) is 15.5. The average molecular weight is 311 g/mol. The Labute approximate surface area is 124 Å². The fraction of sp³-hybridized carbons (Fsp3) is 0.533. The Morgan fingerprint density at radius 3 is 2.33 bits per heavy atom. The topological polar surface area (TPSA) is 101 Å². The fourth-order valence-electron chi connectivity index (χ4n) is 3.11. The van der Waals surface area contributed by atoms with Crippen molar-refractivity contribution < 1.29 is 19.4 Å². The summed E-state index contributed by atoms with van der Waals surface area (Å²) < 4.78 is 12.8. The van der Waals surface area contributed by atoms with Crippen molar-refractivity contribution >= 4 is 13.3 Å². The van der Waals surface area contributed by atoms with Crippen LogP contribution in [-0.4, -0.2) is 21.2 Å². The maximum Gasteiger partial charge on any atom is 0.334 e. The highest BCUT2D eigenvalue weighted by atomic mass is 31.2. The summed E-state index contributed by atoms with van der Waals surface area (Å²) in [5, 5.41) is 7.49. The van der Waals surface area contributed by atoms with Gasteiger partial charge in [-0.15, -0.1) is 0 Å². The highest BCUT2D eigenvalue weighted by Gasteiger charge is 2.55. The Bertz CT molecular complexity index is 542. The average Bonchev–Trinajstić information content (AvgIpc) is 2.47. The van der Waals surface area contributed by atoms with E-state index in [0.717, 1.165) is 19.3 Å². The zero-order valence-corrected chi connectivity index (χ0v) is 12.8. The number of hydrogen-bond donors (Lipinski definition) is 3. The Balaban J connectivity index is 2.31. The molecule has 0 spiro atoms. The van der Waals surface area contributed by atoms with Gasteiger partial charge in [-0.25, -0.2) is 4.79 Å². The number of hydrogen-bond acceptors (Lipinski definition) is 3. The molecular weight excluding hydrogens is 289 g/mol. The van der Waals surface area contributed by atoms with E-state index in [2.05, 4.69) is 0 Å². The van der Waals surface area contributed by atoms with Crippen LogP contribution in [0.25, 0.3) is 0 Å². The third kappa shape index (κ3) is 3.20. The number of rotatable bonds is 5. The predicted octanol–water partition coefficient (Wildman–Crippen LogP) is 2.78. The quantitative estimate of drug-likeness (QED) is 0.726. The molecule has 1 aromatic carbocycles. The zero-order valence-electron chi connectivity index (χ0n) is 11.9. The van der Waals surface area contributed by atoms with Crippen molar-refractivity contribution in [2.24, 2.45) is 11.7 Å². The fourth-order valence-corrected chi connectivity index (χ4v) is 5.21. The minimum absolute atomic E-state index is 0.201. The van der Waals surface area contributed by atoms with Gasteiger partial charge in [0.2, 0.25) is 7.37 Å². The van der Waals surface area contributed by atoms with Crippen LogP contribution in [0.2, 0.25) is 0 Å². The summed E-state index contributed by atoms with van der Waals surface area (Å²) in [6, 6.07) is 8.75. The number of carboxylic acid groups (broad SMARTS) is 1. The molecule has 0 heterocycles. The van der Waals surface area contributed by atoms with Crippen molar-refractivity contribution in [2.75, 3.05) is 0 Å². The summed E-state index contributed by atoms with van der Waals surface area (Å²) in [5.41, 5.74) is 6.66. The largest absolute Gasteiger partial charge is 0.479 e. The van der Waals surface area contributed by atoms with Gasteiger partial charge >= 0.3 is 5.97 Å². The molecule has 5 nitrogen and oxygen atoms in total.